The van der Waals surface area contributed by atoms with Gasteiger partial charge in [-0.25, -0.2) is 0 Å². The van der Waals surface area contributed by atoms with Crippen LogP contribution in [0.1, 0.15) is 32.3 Å². The van der Waals surface area contributed by atoms with Gasteiger partial charge in [-0.15, -0.1) is 12.4 Å². The standard InChI is InChI=1S/C12H17NO.ClH/c1-3-4-5-11-6-8-12(9-7-11)13-10(2)14;/h6-9H,3-5H2,1-2H3,(H,13,14);1H. The second kappa shape index (κ2) is 7.30. The minimum atomic E-state index is -0.0219. The zero-order valence-electron chi connectivity index (χ0n) is 9.25. The molecule has 0 unspecified atom stereocenters. The van der Waals surface area contributed by atoms with Gasteiger partial charge in [0.25, 0.3) is 0 Å². The average Bonchev–Trinajstić information content (AvgIpc) is 2.16. The maximum atomic E-state index is 10.8. The molecule has 0 aliphatic rings. The highest BCUT2D eigenvalue weighted by Crippen LogP contribution is 2.11. The summed E-state index contributed by atoms with van der Waals surface area (Å²) in [6, 6.07) is 8.04. The molecule has 0 aliphatic heterocycles. The Hall–Kier alpha value is -1.02. The number of hydrogen-bond acceptors (Lipinski definition) is 1. The molecular formula is C12H18ClNO. The molecule has 0 saturated carbocycles. The number of unbranched alkanes of at least 4 members (excludes halogenated alkanes) is 1. The lowest BCUT2D eigenvalue weighted by Gasteiger charge is -2.03. The number of benzene rings is 1. The van der Waals surface area contributed by atoms with Crippen molar-refractivity contribution in [1.82, 2.24) is 0 Å². The van der Waals surface area contributed by atoms with Gasteiger partial charge < -0.3 is 5.32 Å². The highest BCUT2D eigenvalue weighted by Gasteiger charge is 1.95. The van der Waals surface area contributed by atoms with Crippen molar-refractivity contribution in [3.05, 3.63) is 29.8 Å². The third-order valence-electron chi connectivity index (χ3n) is 2.09. The smallest absolute Gasteiger partial charge is 0.221 e. The van der Waals surface area contributed by atoms with Gasteiger partial charge in [-0.1, -0.05) is 25.5 Å². The molecule has 1 N–H and O–H groups in total. The Morgan fingerprint density at radius 3 is 2.33 bits per heavy atom. The Kier molecular flexibility index (Phi) is 6.80. The molecule has 0 bridgehead atoms. The SMILES string of the molecule is CCCCc1ccc(NC(C)=O)cc1.Cl. The van der Waals surface area contributed by atoms with Gasteiger partial charge in [-0.3, -0.25) is 4.79 Å². The van der Waals surface area contributed by atoms with Gasteiger partial charge in [0, 0.05) is 12.6 Å². The zero-order chi connectivity index (χ0) is 10.4. The number of aryl methyl sites for hydroxylation is 1. The van der Waals surface area contributed by atoms with Gasteiger partial charge in [0.05, 0.1) is 0 Å². The lowest BCUT2D eigenvalue weighted by molar-refractivity contribution is -0.114. The second-order valence-electron chi connectivity index (χ2n) is 3.48. The van der Waals surface area contributed by atoms with Crippen LogP contribution in [0.3, 0.4) is 0 Å². The molecule has 0 aliphatic carbocycles. The highest BCUT2D eigenvalue weighted by molar-refractivity contribution is 5.88. The molecule has 2 nitrogen and oxygen atoms in total. The molecule has 0 spiro atoms. The minimum absolute atomic E-state index is 0. The second-order valence-corrected chi connectivity index (χ2v) is 3.48. The molecular weight excluding hydrogens is 210 g/mol. The van der Waals surface area contributed by atoms with Crippen LogP contribution in [0, 0.1) is 0 Å². The van der Waals surface area contributed by atoms with Gasteiger partial charge in [-0.05, 0) is 30.5 Å². The summed E-state index contributed by atoms with van der Waals surface area (Å²) in [4.78, 5) is 10.8. The molecule has 0 fully saturated rings. The fraction of sp³-hybridized carbons (Fsp3) is 0.417. The van der Waals surface area contributed by atoms with Crippen molar-refractivity contribution in [3.8, 4) is 0 Å². The van der Waals surface area contributed by atoms with Crippen LogP contribution >= 0.6 is 12.4 Å². The summed E-state index contributed by atoms with van der Waals surface area (Å²) < 4.78 is 0. The van der Waals surface area contributed by atoms with Crippen LogP contribution in [0.5, 0.6) is 0 Å². The molecule has 3 heteroatoms. The van der Waals surface area contributed by atoms with Crippen molar-refractivity contribution in [2.75, 3.05) is 5.32 Å². The van der Waals surface area contributed by atoms with E-state index >= 15 is 0 Å². The van der Waals surface area contributed by atoms with Gasteiger partial charge in [0.15, 0.2) is 0 Å². The van der Waals surface area contributed by atoms with E-state index in [1.165, 1.54) is 25.3 Å². The first-order chi connectivity index (χ1) is 6.72. The topological polar surface area (TPSA) is 29.1 Å². The molecule has 0 atom stereocenters. The number of rotatable bonds is 4. The van der Waals surface area contributed by atoms with E-state index in [0.717, 1.165) is 12.1 Å². The first-order valence-corrected chi connectivity index (χ1v) is 5.09. The number of halogens is 1. The van der Waals surface area contributed by atoms with Gasteiger partial charge in [0.1, 0.15) is 0 Å². The van der Waals surface area contributed by atoms with Crippen LogP contribution in [0.2, 0.25) is 0 Å². The zero-order valence-corrected chi connectivity index (χ0v) is 10.1. The summed E-state index contributed by atoms with van der Waals surface area (Å²) in [6.07, 6.45) is 3.56. The van der Waals surface area contributed by atoms with E-state index in [9.17, 15) is 4.79 Å². The summed E-state index contributed by atoms with van der Waals surface area (Å²) in [6.45, 7) is 3.71. The number of anilines is 1. The Balaban J connectivity index is 0.00000196. The van der Waals surface area contributed by atoms with Crippen LogP contribution < -0.4 is 5.32 Å². The highest BCUT2D eigenvalue weighted by atomic mass is 35.5. The van der Waals surface area contributed by atoms with Gasteiger partial charge >= 0.3 is 0 Å². The fourth-order valence-corrected chi connectivity index (χ4v) is 1.34. The number of hydrogen-bond donors (Lipinski definition) is 1. The third kappa shape index (κ3) is 5.43. The van der Waals surface area contributed by atoms with Crippen LogP contribution in [0.15, 0.2) is 24.3 Å². The monoisotopic (exact) mass is 227 g/mol. The normalized spacial score (nSPS) is 9.20. The van der Waals surface area contributed by atoms with E-state index in [1.807, 2.05) is 12.1 Å². The number of nitrogens with one attached hydrogen (secondary N) is 1. The molecule has 1 aromatic rings. The molecule has 84 valence electrons. The molecule has 1 aromatic carbocycles. The van der Waals surface area contributed by atoms with Crippen molar-refractivity contribution in [2.45, 2.75) is 33.1 Å². The van der Waals surface area contributed by atoms with Gasteiger partial charge in [0.2, 0.25) is 5.91 Å². The van der Waals surface area contributed by atoms with Crippen molar-refractivity contribution in [1.29, 1.82) is 0 Å². The van der Waals surface area contributed by atoms with E-state index in [4.69, 9.17) is 0 Å². The summed E-state index contributed by atoms with van der Waals surface area (Å²) >= 11 is 0. The molecule has 1 rings (SSSR count). The number of carbonyl (C=O) groups is 1. The molecule has 0 radical (unpaired) electrons. The quantitative estimate of drug-likeness (QED) is 0.839. The molecule has 0 heterocycles. The summed E-state index contributed by atoms with van der Waals surface area (Å²) in [7, 11) is 0. The molecule has 1 amide bonds. The largest absolute Gasteiger partial charge is 0.326 e. The average molecular weight is 228 g/mol. The predicted octanol–water partition coefficient (Wildman–Crippen LogP) is 3.41. The maximum absolute atomic E-state index is 10.8. The fourth-order valence-electron chi connectivity index (χ4n) is 1.34. The van der Waals surface area contributed by atoms with E-state index in [1.54, 1.807) is 0 Å². The summed E-state index contributed by atoms with van der Waals surface area (Å²) in [5, 5.41) is 2.75. The Bertz CT molecular complexity index is 295. The predicted molar refractivity (Wildman–Crippen MR) is 66.6 cm³/mol. The lowest BCUT2D eigenvalue weighted by Crippen LogP contribution is -2.05. The summed E-state index contributed by atoms with van der Waals surface area (Å²) in [5.74, 6) is -0.0219. The van der Waals surface area contributed by atoms with Crippen molar-refractivity contribution in [2.24, 2.45) is 0 Å². The van der Waals surface area contributed by atoms with Crippen LogP contribution in [0.25, 0.3) is 0 Å². The summed E-state index contributed by atoms with van der Waals surface area (Å²) in [5.41, 5.74) is 2.21. The van der Waals surface area contributed by atoms with E-state index in [2.05, 4.69) is 24.4 Å². The first kappa shape index (κ1) is 14.0. The molecule has 0 saturated heterocycles. The molecule has 0 aromatic heterocycles. The first-order valence-electron chi connectivity index (χ1n) is 5.09. The third-order valence-corrected chi connectivity index (χ3v) is 2.09. The van der Waals surface area contributed by atoms with Gasteiger partial charge in [-0.2, -0.15) is 0 Å². The number of carbonyl (C=O) groups excluding carboxylic acids is 1. The van der Waals surface area contributed by atoms with Crippen LogP contribution in [-0.4, -0.2) is 5.91 Å². The van der Waals surface area contributed by atoms with Crippen molar-refractivity contribution < 1.29 is 4.79 Å². The van der Waals surface area contributed by atoms with Crippen molar-refractivity contribution in [3.63, 3.8) is 0 Å². The molecule has 15 heavy (non-hydrogen) atoms. The maximum Gasteiger partial charge on any atom is 0.221 e. The van der Waals surface area contributed by atoms with E-state index in [-0.39, 0.29) is 18.3 Å². The lowest BCUT2D eigenvalue weighted by atomic mass is 10.1. The Labute approximate surface area is 97.5 Å². The Morgan fingerprint density at radius 2 is 1.87 bits per heavy atom. The number of amides is 1. The van der Waals surface area contributed by atoms with E-state index in [0.29, 0.717) is 0 Å². The van der Waals surface area contributed by atoms with Crippen LogP contribution in [-0.2, 0) is 11.2 Å². The van der Waals surface area contributed by atoms with Crippen LogP contribution in [0.4, 0.5) is 5.69 Å². The van der Waals surface area contributed by atoms with Crippen molar-refractivity contribution >= 4 is 24.0 Å². The minimum Gasteiger partial charge on any atom is -0.326 e. The Morgan fingerprint density at radius 1 is 1.27 bits per heavy atom. The van der Waals surface area contributed by atoms with E-state index < -0.39 is 0 Å².